The fourth-order valence-electron chi connectivity index (χ4n) is 0.703. The van der Waals surface area contributed by atoms with Crippen LogP contribution in [0.4, 0.5) is 0 Å². The summed E-state index contributed by atoms with van der Waals surface area (Å²) >= 11 is 0.596. The summed E-state index contributed by atoms with van der Waals surface area (Å²) in [5.41, 5.74) is 1.18. The second-order valence-corrected chi connectivity index (χ2v) is 3.59. The van der Waals surface area contributed by atoms with Crippen molar-refractivity contribution in [1.82, 2.24) is 0 Å². The molecular weight excluding hydrogens is 175 g/mol. The molecule has 1 aliphatic carbocycles. The summed E-state index contributed by atoms with van der Waals surface area (Å²) in [6, 6.07) is 0. The van der Waals surface area contributed by atoms with Crippen LogP contribution in [0.1, 0.15) is 0 Å². The summed E-state index contributed by atoms with van der Waals surface area (Å²) in [5, 5.41) is 0. The molecule has 0 aromatic carbocycles. The third-order valence-corrected chi connectivity index (χ3v) is 2.95. The van der Waals surface area contributed by atoms with Crippen LogP contribution in [0, 0.1) is 6.42 Å². The van der Waals surface area contributed by atoms with Crippen LogP contribution in [0.3, 0.4) is 0 Å². The van der Waals surface area contributed by atoms with Gasteiger partial charge in [-0.3, -0.25) is 0 Å². The van der Waals surface area contributed by atoms with Crippen molar-refractivity contribution in [3.8, 4) is 0 Å². The van der Waals surface area contributed by atoms with E-state index in [1.165, 1.54) is 10.0 Å². The number of hydrogen-bond donors (Lipinski definition) is 0. The molecule has 0 saturated heterocycles. The van der Waals surface area contributed by atoms with Crippen molar-refractivity contribution in [1.29, 1.82) is 0 Å². The molecule has 0 spiro atoms. The zero-order chi connectivity index (χ0) is 6.69. The predicted octanol–water partition coefficient (Wildman–Crippen LogP) is 1.95. The maximum atomic E-state index is 3.91. The predicted molar refractivity (Wildman–Crippen MR) is 42.3 cm³/mol. The van der Waals surface area contributed by atoms with Gasteiger partial charge in [0, 0.05) is 0 Å². The summed E-state index contributed by atoms with van der Waals surface area (Å²) in [6.45, 7) is 3.91. The second-order valence-electron chi connectivity index (χ2n) is 1.81. The molecule has 0 N–H and O–H groups in total. The van der Waals surface area contributed by atoms with Crippen LogP contribution >= 0.6 is 0 Å². The molecule has 0 saturated carbocycles. The molecule has 1 rings (SSSR count). The summed E-state index contributed by atoms with van der Waals surface area (Å²) in [6.07, 6.45) is 8.29. The van der Waals surface area contributed by atoms with Crippen LogP contribution in [0.5, 0.6) is 0 Å². The van der Waals surface area contributed by atoms with E-state index < -0.39 is 0 Å². The van der Waals surface area contributed by atoms with Gasteiger partial charge < -0.3 is 0 Å². The van der Waals surface area contributed by atoms with Crippen molar-refractivity contribution in [2.45, 2.75) is 5.82 Å². The standard InChI is InChI=1S/C8H9Se/c1-7-5-3-4-6-8(7)9-2/h3-6H,1H2,2H3. The monoisotopic (exact) mass is 185 g/mol. The van der Waals surface area contributed by atoms with Gasteiger partial charge in [0.1, 0.15) is 0 Å². The molecule has 9 heavy (non-hydrogen) atoms. The summed E-state index contributed by atoms with van der Waals surface area (Å²) in [4.78, 5) is 0. The molecular formula is C8H9Se. The Morgan fingerprint density at radius 3 is 2.67 bits per heavy atom. The zero-order valence-electron chi connectivity index (χ0n) is 5.42. The maximum absolute atomic E-state index is 3.91. The van der Waals surface area contributed by atoms with E-state index in [-0.39, 0.29) is 0 Å². The average molecular weight is 184 g/mol. The summed E-state index contributed by atoms with van der Waals surface area (Å²) in [7, 11) is 0. The van der Waals surface area contributed by atoms with E-state index in [9.17, 15) is 0 Å². The first-order valence-corrected chi connectivity index (χ1v) is 5.36. The molecule has 0 fully saturated rings. The Hall–Kier alpha value is -0.261. The van der Waals surface area contributed by atoms with Gasteiger partial charge in [0.2, 0.25) is 0 Å². The normalized spacial score (nSPS) is 17.9. The number of hydrogen-bond acceptors (Lipinski definition) is 0. The molecule has 0 atom stereocenters. The van der Waals surface area contributed by atoms with Crippen molar-refractivity contribution in [2.75, 3.05) is 0 Å². The molecule has 47 valence electrons. The van der Waals surface area contributed by atoms with E-state index in [4.69, 9.17) is 0 Å². The van der Waals surface area contributed by atoms with Crippen LogP contribution in [0.2, 0.25) is 5.82 Å². The molecule has 0 amide bonds. The van der Waals surface area contributed by atoms with Gasteiger partial charge in [0.15, 0.2) is 0 Å². The Labute approximate surface area is 62.5 Å². The SMILES string of the molecule is C=C1[CH]C=CC=C1[Se]C. The van der Waals surface area contributed by atoms with E-state index >= 15 is 0 Å². The molecule has 1 heteroatoms. The molecule has 0 unspecified atom stereocenters. The fourth-order valence-corrected chi connectivity index (χ4v) is 1.85. The Balaban J connectivity index is 2.74. The fraction of sp³-hybridized carbons (Fsp3) is 0.125. The van der Waals surface area contributed by atoms with Crippen LogP contribution in [0.15, 0.2) is 34.9 Å². The van der Waals surface area contributed by atoms with Crippen molar-refractivity contribution >= 4 is 15.0 Å². The minimum atomic E-state index is 0.596. The van der Waals surface area contributed by atoms with E-state index in [1.807, 2.05) is 6.08 Å². The first-order valence-electron chi connectivity index (χ1n) is 2.79. The molecule has 0 aromatic rings. The molecule has 0 bridgehead atoms. The topological polar surface area (TPSA) is 0 Å². The Morgan fingerprint density at radius 1 is 1.44 bits per heavy atom. The van der Waals surface area contributed by atoms with Gasteiger partial charge in [-0.15, -0.1) is 0 Å². The first-order chi connectivity index (χ1) is 4.34. The minimum absolute atomic E-state index is 0.596. The van der Waals surface area contributed by atoms with Gasteiger partial charge in [-0.05, 0) is 0 Å². The van der Waals surface area contributed by atoms with Crippen LogP contribution in [-0.2, 0) is 0 Å². The average Bonchev–Trinajstić information content (AvgIpc) is 1.89. The second kappa shape index (κ2) is 3.05. The van der Waals surface area contributed by atoms with E-state index in [0.29, 0.717) is 15.0 Å². The van der Waals surface area contributed by atoms with Gasteiger partial charge in [-0.25, -0.2) is 0 Å². The van der Waals surface area contributed by atoms with Crippen LogP contribution in [-0.4, -0.2) is 15.0 Å². The van der Waals surface area contributed by atoms with E-state index in [2.05, 4.69) is 31.0 Å². The molecule has 0 aromatic heterocycles. The number of rotatable bonds is 1. The van der Waals surface area contributed by atoms with Crippen molar-refractivity contribution < 1.29 is 0 Å². The van der Waals surface area contributed by atoms with E-state index in [1.54, 1.807) is 0 Å². The molecule has 0 heterocycles. The molecule has 0 nitrogen and oxygen atoms in total. The Morgan fingerprint density at radius 2 is 2.22 bits per heavy atom. The quantitative estimate of drug-likeness (QED) is 0.546. The van der Waals surface area contributed by atoms with Gasteiger partial charge in [-0.1, -0.05) is 0 Å². The van der Waals surface area contributed by atoms with Gasteiger partial charge in [0.05, 0.1) is 0 Å². The van der Waals surface area contributed by atoms with Gasteiger partial charge in [-0.2, -0.15) is 0 Å². The summed E-state index contributed by atoms with van der Waals surface area (Å²) in [5.74, 6) is 2.21. The van der Waals surface area contributed by atoms with Crippen molar-refractivity contribution in [3.05, 3.63) is 41.3 Å². The third-order valence-electron chi connectivity index (χ3n) is 1.19. The molecule has 1 aliphatic rings. The third kappa shape index (κ3) is 1.57. The Kier molecular flexibility index (Phi) is 2.32. The molecule has 1 radical (unpaired) electrons. The van der Waals surface area contributed by atoms with E-state index in [0.717, 1.165) is 0 Å². The summed E-state index contributed by atoms with van der Waals surface area (Å²) < 4.78 is 1.41. The first kappa shape index (κ1) is 6.85. The van der Waals surface area contributed by atoms with Gasteiger partial charge >= 0.3 is 62.1 Å². The Bertz CT molecular complexity index is 175. The van der Waals surface area contributed by atoms with Crippen LogP contribution < -0.4 is 0 Å². The molecule has 0 aliphatic heterocycles. The van der Waals surface area contributed by atoms with Crippen molar-refractivity contribution in [3.63, 3.8) is 0 Å². The van der Waals surface area contributed by atoms with Crippen LogP contribution in [0.25, 0.3) is 0 Å². The number of allylic oxidation sites excluding steroid dienone is 5. The zero-order valence-corrected chi connectivity index (χ0v) is 7.14. The van der Waals surface area contributed by atoms with Crippen molar-refractivity contribution in [2.24, 2.45) is 0 Å². The van der Waals surface area contributed by atoms with Gasteiger partial charge in [0.25, 0.3) is 0 Å².